The smallest absolute Gasteiger partial charge is 0.125 e. The summed E-state index contributed by atoms with van der Waals surface area (Å²) < 4.78 is 0. The molecule has 0 atom stereocenters. The van der Waals surface area contributed by atoms with Gasteiger partial charge in [0.2, 0.25) is 0 Å². The van der Waals surface area contributed by atoms with Crippen LogP contribution in [0.15, 0.2) is 158 Å². The van der Waals surface area contributed by atoms with Crippen molar-refractivity contribution in [3.8, 4) is 39.5 Å². The van der Waals surface area contributed by atoms with Crippen LogP contribution in [0.2, 0.25) is 0 Å². The van der Waals surface area contributed by atoms with E-state index in [0.29, 0.717) is 11.3 Å². The van der Waals surface area contributed by atoms with E-state index in [1.54, 1.807) is 12.3 Å². The number of hydrogen-bond acceptors (Lipinski definition) is 5. The van der Waals surface area contributed by atoms with Crippen LogP contribution in [0.5, 0.6) is 5.75 Å². The van der Waals surface area contributed by atoms with Gasteiger partial charge in [-0.2, -0.15) is 10.2 Å². The normalized spacial score (nSPS) is 10.9. The number of anilines is 3. The molecule has 8 aromatic rings. The van der Waals surface area contributed by atoms with Gasteiger partial charge in [0.1, 0.15) is 5.75 Å². The van der Waals surface area contributed by atoms with Gasteiger partial charge in [-0.15, -0.1) is 18.2 Å². The van der Waals surface area contributed by atoms with Gasteiger partial charge in [0.05, 0.1) is 11.9 Å². The first-order chi connectivity index (χ1) is 22.7. The van der Waals surface area contributed by atoms with Crippen molar-refractivity contribution in [3.05, 3.63) is 164 Å². The molecule has 5 nitrogen and oxygen atoms in total. The van der Waals surface area contributed by atoms with E-state index in [9.17, 15) is 5.11 Å². The van der Waals surface area contributed by atoms with Gasteiger partial charge >= 0.3 is 0 Å². The Morgan fingerprint density at radius 3 is 1.85 bits per heavy atom. The third-order valence-corrected chi connectivity index (χ3v) is 8.13. The van der Waals surface area contributed by atoms with E-state index < -0.39 is 0 Å². The number of nitrogens with zero attached hydrogens (tertiary/aromatic N) is 4. The Bertz CT molecular complexity index is 2300. The van der Waals surface area contributed by atoms with Gasteiger partial charge in [-0.3, -0.25) is 4.98 Å². The molecular formula is C41H27N4OPt-. The monoisotopic (exact) mass is 786 g/mol. The van der Waals surface area contributed by atoms with E-state index in [0.717, 1.165) is 61.1 Å². The number of fused-ring (bicyclic) bond motifs is 2. The molecule has 0 aliphatic rings. The fourth-order valence-corrected chi connectivity index (χ4v) is 5.95. The zero-order valence-corrected chi connectivity index (χ0v) is 27.3. The fraction of sp³-hybridized carbons (Fsp3) is 0. The van der Waals surface area contributed by atoms with Crippen molar-refractivity contribution in [2.24, 2.45) is 0 Å². The van der Waals surface area contributed by atoms with E-state index in [4.69, 9.17) is 4.98 Å². The molecule has 0 radical (unpaired) electrons. The Hall–Kier alpha value is -5.64. The quantitative estimate of drug-likeness (QED) is 0.170. The molecular weight excluding hydrogens is 760 g/mol. The fourth-order valence-electron chi connectivity index (χ4n) is 5.95. The van der Waals surface area contributed by atoms with E-state index in [-0.39, 0.29) is 26.8 Å². The number of aromatic hydroxyl groups is 1. The maximum absolute atomic E-state index is 11.0. The van der Waals surface area contributed by atoms with Crippen LogP contribution in [-0.2, 0) is 21.1 Å². The third kappa shape index (κ3) is 5.90. The number of phenolic OH excluding ortho intramolecular Hbond substituents is 1. The summed E-state index contributed by atoms with van der Waals surface area (Å²) in [6.45, 7) is 0. The van der Waals surface area contributed by atoms with Gasteiger partial charge in [-0.25, -0.2) is 0 Å². The molecule has 0 aliphatic heterocycles. The minimum absolute atomic E-state index is 0. The van der Waals surface area contributed by atoms with Crippen LogP contribution >= 0.6 is 0 Å². The van der Waals surface area contributed by atoms with Gasteiger partial charge in [0.15, 0.2) is 0 Å². The number of pyridine rings is 1. The molecule has 2 heterocycles. The topological polar surface area (TPSA) is 62.1 Å². The summed E-state index contributed by atoms with van der Waals surface area (Å²) in [5.41, 5.74) is 7.37. The molecule has 0 bridgehead atoms. The number of phenols is 1. The predicted molar refractivity (Wildman–Crippen MR) is 186 cm³/mol. The summed E-state index contributed by atoms with van der Waals surface area (Å²) in [4.78, 5) is 7.30. The van der Waals surface area contributed by atoms with Gasteiger partial charge in [0.25, 0.3) is 0 Å². The second-order valence-corrected chi connectivity index (χ2v) is 11.1. The largest absolute Gasteiger partial charge is 0.507 e. The summed E-state index contributed by atoms with van der Waals surface area (Å²) >= 11 is 0. The van der Waals surface area contributed by atoms with Crippen LogP contribution < -0.4 is 4.90 Å². The summed E-state index contributed by atoms with van der Waals surface area (Å²) in [5.74, 6) is 0.187. The van der Waals surface area contributed by atoms with E-state index >= 15 is 0 Å². The first-order valence-electron chi connectivity index (χ1n) is 15.1. The van der Waals surface area contributed by atoms with Crippen LogP contribution in [0, 0.1) is 6.07 Å². The standard InChI is InChI=1S/C41H27N4O.Pt/c46-40-26-29-13-8-7-12-28(29)25-37(40)39-21-11-20-38(43-39)31-22-32(41-36-19-10-9-14-30(36)27-42-44-41)24-35(23-31)45(33-15-3-1-4-16-33)34-17-5-2-6-18-34;/h1-21,23-27,46H;/q-1;. The second kappa shape index (κ2) is 13.0. The Morgan fingerprint density at radius 2 is 1.13 bits per heavy atom. The minimum atomic E-state index is 0. The Morgan fingerprint density at radius 1 is 0.532 bits per heavy atom. The first-order valence-corrected chi connectivity index (χ1v) is 15.1. The van der Waals surface area contributed by atoms with Crippen molar-refractivity contribution < 1.29 is 26.2 Å². The van der Waals surface area contributed by atoms with Crippen LogP contribution in [-0.4, -0.2) is 20.3 Å². The van der Waals surface area contributed by atoms with Gasteiger partial charge in [-0.1, -0.05) is 108 Å². The summed E-state index contributed by atoms with van der Waals surface area (Å²) in [6, 6.07) is 54.2. The van der Waals surface area contributed by atoms with E-state index in [2.05, 4.69) is 63.6 Å². The Balaban J connectivity index is 0.00000351. The number of rotatable bonds is 6. The molecule has 228 valence electrons. The van der Waals surface area contributed by atoms with Crippen molar-refractivity contribution in [2.75, 3.05) is 4.90 Å². The summed E-state index contributed by atoms with van der Waals surface area (Å²) in [7, 11) is 0. The summed E-state index contributed by atoms with van der Waals surface area (Å²) in [6.07, 6.45) is 1.78. The number of para-hydroxylation sites is 2. The molecule has 0 saturated heterocycles. The Labute approximate surface area is 287 Å². The van der Waals surface area contributed by atoms with Crippen molar-refractivity contribution in [1.29, 1.82) is 0 Å². The molecule has 0 spiro atoms. The van der Waals surface area contributed by atoms with Crippen LogP contribution in [0.4, 0.5) is 17.1 Å². The van der Waals surface area contributed by atoms with E-state index in [1.807, 2.05) is 103 Å². The zero-order chi connectivity index (χ0) is 30.9. The van der Waals surface area contributed by atoms with Crippen molar-refractivity contribution in [2.45, 2.75) is 0 Å². The molecule has 1 N–H and O–H groups in total. The van der Waals surface area contributed by atoms with Crippen molar-refractivity contribution in [1.82, 2.24) is 15.2 Å². The maximum Gasteiger partial charge on any atom is 0.125 e. The second-order valence-electron chi connectivity index (χ2n) is 11.1. The molecule has 0 fully saturated rings. The predicted octanol–water partition coefficient (Wildman–Crippen LogP) is 10.2. The Kier molecular flexibility index (Phi) is 8.31. The van der Waals surface area contributed by atoms with Crippen LogP contribution in [0.3, 0.4) is 0 Å². The number of benzene rings is 6. The molecule has 6 heteroatoms. The van der Waals surface area contributed by atoms with Crippen LogP contribution in [0.1, 0.15) is 0 Å². The van der Waals surface area contributed by atoms with Gasteiger partial charge in [-0.05, 0) is 69.7 Å². The third-order valence-electron chi connectivity index (χ3n) is 8.13. The first kappa shape index (κ1) is 30.0. The molecule has 0 amide bonds. The van der Waals surface area contributed by atoms with Crippen LogP contribution in [0.25, 0.3) is 55.3 Å². The molecule has 6 aromatic carbocycles. The van der Waals surface area contributed by atoms with Crippen molar-refractivity contribution >= 4 is 38.6 Å². The molecule has 0 aliphatic carbocycles. The number of aromatic nitrogens is 3. The molecule has 0 unspecified atom stereocenters. The molecule has 0 saturated carbocycles. The van der Waals surface area contributed by atoms with Gasteiger partial charge in [0, 0.05) is 49.4 Å². The maximum atomic E-state index is 11.0. The van der Waals surface area contributed by atoms with Gasteiger partial charge < -0.3 is 10.0 Å². The average Bonchev–Trinajstić information content (AvgIpc) is 3.12. The molecule has 2 aromatic heterocycles. The average molecular weight is 787 g/mol. The molecule has 8 rings (SSSR count). The molecule has 47 heavy (non-hydrogen) atoms. The SMILES string of the molecule is Oc1cc2ccccc2cc1-c1cccc(-c2[c-]c(-c3nncc4ccccc34)cc(N(c3ccccc3)c3ccccc3)c2)n1.[Pt]. The zero-order valence-electron chi connectivity index (χ0n) is 25.1. The van der Waals surface area contributed by atoms with Crippen molar-refractivity contribution in [3.63, 3.8) is 0 Å². The van der Waals surface area contributed by atoms with E-state index in [1.165, 1.54) is 0 Å². The number of hydrogen-bond donors (Lipinski definition) is 1. The summed E-state index contributed by atoms with van der Waals surface area (Å²) in [5, 5.41) is 24.0. The minimum Gasteiger partial charge on any atom is -0.507 e.